The average molecular weight is 624 g/mol. The second-order valence-corrected chi connectivity index (χ2v) is 13.0. The highest BCUT2D eigenvalue weighted by atomic mass is 16.7. The molecule has 2 saturated heterocycles. The second-order valence-electron chi connectivity index (χ2n) is 13.0. The van der Waals surface area contributed by atoms with E-state index in [-0.39, 0.29) is 29.6 Å². The van der Waals surface area contributed by atoms with E-state index < -0.39 is 0 Å². The summed E-state index contributed by atoms with van der Waals surface area (Å²) in [6, 6.07) is 23.8. The molecule has 3 aromatic rings. The minimum atomic E-state index is -0.208. The van der Waals surface area contributed by atoms with Crippen LogP contribution in [-0.2, 0) is 27.2 Å². The molecule has 6 nitrogen and oxygen atoms in total. The van der Waals surface area contributed by atoms with Crippen molar-refractivity contribution in [1.29, 1.82) is 0 Å². The van der Waals surface area contributed by atoms with Crippen molar-refractivity contribution < 1.29 is 23.7 Å². The Kier molecular flexibility index (Phi) is 10.2. The van der Waals surface area contributed by atoms with Gasteiger partial charge in [0, 0.05) is 56.5 Å². The number of fused-ring (bicyclic) bond motifs is 1. The van der Waals surface area contributed by atoms with Crippen LogP contribution in [-0.4, -0.2) is 52.9 Å². The molecule has 0 saturated carbocycles. The lowest BCUT2D eigenvalue weighted by Gasteiger charge is -2.40. The first kappa shape index (κ1) is 32.4. The highest BCUT2D eigenvalue weighted by Gasteiger charge is 2.45. The minimum Gasteiger partial charge on any atom is -0.496 e. The topological polar surface area (TPSA) is 49.4 Å². The van der Waals surface area contributed by atoms with Crippen LogP contribution in [0.25, 0.3) is 0 Å². The Morgan fingerprint density at radius 1 is 1.00 bits per heavy atom. The van der Waals surface area contributed by atoms with Gasteiger partial charge in [-0.15, -0.1) is 0 Å². The molecule has 46 heavy (non-hydrogen) atoms. The second kappa shape index (κ2) is 14.5. The molecule has 0 bridgehead atoms. The number of methoxy groups -OCH3 is 3. The van der Waals surface area contributed by atoms with Gasteiger partial charge in [-0.3, -0.25) is 0 Å². The van der Waals surface area contributed by atoms with E-state index in [4.69, 9.17) is 23.7 Å². The van der Waals surface area contributed by atoms with Gasteiger partial charge in [0.25, 0.3) is 0 Å². The molecule has 1 spiro atoms. The molecule has 0 N–H and O–H groups in total. The molecule has 0 amide bonds. The number of hydrogen-bond acceptors (Lipinski definition) is 6. The predicted octanol–water partition coefficient (Wildman–Crippen LogP) is 8.10. The molecule has 0 aromatic heterocycles. The van der Waals surface area contributed by atoms with Crippen LogP contribution in [0.4, 0.5) is 5.69 Å². The Hall–Kier alpha value is -3.58. The van der Waals surface area contributed by atoms with Gasteiger partial charge in [-0.2, -0.15) is 0 Å². The first-order valence-corrected chi connectivity index (χ1v) is 16.7. The fraction of sp³-hybridized carbons (Fsp3) is 0.450. The maximum Gasteiger partial charge on any atom is 0.161 e. The monoisotopic (exact) mass is 623 g/mol. The van der Waals surface area contributed by atoms with Gasteiger partial charge in [-0.25, -0.2) is 0 Å². The summed E-state index contributed by atoms with van der Waals surface area (Å²) < 4.78 is 29.9. The molecule has 6 rings (SSSR count). The van der Waals surface area contributed by atoms with Crippen LogP contribution in [0.5, 0.6) is 11.5 Å². The van der Waals surface area contributed by atoms with Gasteiger partial charge < -0.3 is 28.6 Å². The maximum absolute atomic E-state index is 6.41. The average Bonchev–Trinajstić information content (AvgIpc) is 3.50. The van der Waals surface area contributed by atoms with Gasteiger partial charge in [0.2, 0.25) is 0 Å². The molecule has 1 aliphatic carbocycles. The van der Waals surface area contributed by atoms with E-state index in [1.807, 2.05) is 18.2 Å². The number of benzene rings is 3. The van der Waals surface area contributed by atoms with E-state index in [1.165, 1.54) is 27.9 Å². The summed E-state index contributed by atoms with van der Waals surface area (Å²) >= 11 is 0. The normalized spacial score (nSPS) is 22.4. The number of ether oxygens (including phenoxy) is 5. The van der Waals surface area contributed by atoms with Gasteiger partial charge in [-0.05, 0) is 79.8 Å². The highest BCUT2D eigenvalue weighted by Crippen LogP contribution is 2.49. The molecule has 2 heterocycles. The van der Waals surface area contributed by atoms with Crippen LogP contribution in [0.1, 0.15) is 60.8 Å². The molecular formula is C40H49NO5. The third-order valence-corrected chi connectivity index (χ3v) is 10.4. The molecule has 3 aromatic carbocycles. The predicted molar refractivity (Wildman–Crippen MR) is 184 cm³/mol. The molecule has 0 radical (unpaired) electrons. The van der Waals surface area contributed by atoms with Crippen LogP contribution in [0.3, 0.4) is 0 Å². The molecule has 244 valence electrons. The van der Waals surface area contributed by atoms with Crippen LogP contribution >= 0.6 is 0 Å². The molecule has 2 fully saturated rings. The van der Waals surface area contributed by atoms with Gasteiger partial charge in [0.05, 0.1) is 19.3 Å². The fourth-order valence-corrected chi connectivity index (χ4v) is 7.96. The van der Waals surface area contributed by atoms with Crippen LogP contribution in [0.15, 0.2) is 91.0 Å². The maximum atomic E-state index is 6.41. The number of nitrogens with zero attached hydrogens (tertiary/aromatic N) is 1. The Morgan fingerprint density at radius 3 is 2.48 bits per heavy atom. The van der Waals surface area contributed by atoms with Gasteiger partial charge in [0.1, 0.15) is 18.1 Å². The number of piperidine rings is 1. The molecule has 6 heteroatoms. The summed E-state index contributed by atoms with van der Waals surface area (Å²) in [4.78, 5) is 2.47. The number of allylic oxidation sites excluding steroid dienone is 3. The summed E-state index contributed by atoms with van der Waals surface area (Å²) in [6.45, 7) is 9.72. The molecule has 3 aliphatic rings. The summed E-state index contributed by atoms with van der Waals surface area (Å²) in [6.07, 6.45) is 9.03. The standard InChI is InChI=1S/C40H49NO5/c1-6-10-28(2)34-16-13-30-23-33(45-26-29-11-8-7-9-12-29)15-18-35(30)38(34)36-17-14-32(24-37(36)42-3)41-21-19-40(20-22-41)25-31(27-46-40)39(43-4)44-5/h6-12,14-15,17-18,23-24,31,34,38-39H,2,13,16,19-22,25-27H2,1,3-5H3/b10-6-. The number of anilines is 1. The van der Waals surface area contributed by atoms with Crippen molar-refractivity contribution in [3.05, 3.63) is 113 Å². The fourth-order valence-electron chi connectivity index (χ4n) is 7.96. The van der Waals surface area contributed by atoms with Gasteiger partial charge in [-0.1, -0.05) is 66.8 Å². The lowest BCUT2D eigenvalue weighted by Crippen LogP contribution is -2.44. The van der Waals surface area contributed by atoms with Crippen molar-refractivity contribution in [2.24, 2.45) is 11.8 Å². The van der Waals surface area contributed by atoms with Crippen molar-refractivity contribution in [3.8, 4) is 11.5 Å². The third kappa shape index (κ3) is 6.76. The third-order valence-electron chi connectivity index (χ3n) is 10.4. The highest BCUT2D eigenvalue weighted by molar-refractivity contribution is 5.58. The van der Waals surface area contributed by atoms with E-state index in [0.717, 1.165) is 62.3 Å². The first-order chi connectivity index (χ1) is 22.5. The van der Waals surface area contributed by atoms with Gasteiger partial charge >= 0.3 is 0 Å². The summed E-state index contributed by atoms with van der Waals surface area (Å²) in [5.41, 5.74) is 7.32. The lowest BCUT2D eigenvalue weighted by atomic mass is 9.69. The van der Waals surface area contributed by atoms with Crippen molar-refractivity contribution in [1.82, 2.24) is 0 Å². The smallest absolute Gasteiger partial charge is 0.161 e. The number of aryl methyl sites for hydroxylation is 1. The Bertz CT molecular complexity index is 1510. The number of hydrogen-bond donors (Lipinski definition) is 0. The summed E-state index contributed by atoms with van der Waals surface area (Å²) in [5, 5.41) is 0. The lowest BCUT2D eigenvalue weighted by molar-refractivity contribution is -0.136. The SMILES string of the molecule is C=C(/C=C\C)C1CCc2cc(OCc3ccccc3)ccc2C1c1ccc(N2CCC3(CC2)CC(C(OC)OC)CO3)cc1OC. The van der Waals surface area contributed by atoms with Crippen molar-refractivity contribution in [2.75, 3.05) is 45.9 Å². The number of rotatable bonds is 11. The van der Waals surface area contributed by atoms with E-state index in [0.29, 0.717) is 13.2 Å². The molecule has 3 unspecified atom stereocenters. The minimum absolute atomic E-state index is 0.0870. The van der Waals surface area contributed by atoms with Crippen LogP contribution in [0.2, 0.25) is 0 Å². The quantitative estimate of drug-likeness (QED) is 0.159. The zero-order valence-corrected chi connectivity index (χ0v) is 27.9. The Morgan fingerprint density at radius 2 is 1.76 bits per heavy atom. The summed E-state index contributed by atoms with van der Waals surface area (Å²) in [7, 11) is 5.21. The molecule has 2 aliphatic heterocycles. The zero-order chi connectivity index (χ0) is 32.1. The van der Waals surface area contributed by atoms with Crippen molar-refractivity contribution >= 4 is 5.69 Å². The van der Waals surface area contributed by atoms with Gasteiger partial charge in [0.15, 0.2) is 6.29 Å². The zero-order valence-electron chi connectivity index (χ0n) is 27.9. The Labute approximate surface area is 275 Å². The molecular weight excluding hydrogens is 574 g/mol. The largest absolute Gasteiger partial charge is 0.496 e. The molecule has 3 atom stereocenters. The van der Waals surface area contributed by atoms with Crippen LogP contribution < -0.4 is 14.4 Å². The first-order valence-electron chi connectivity index (χ1n) is 16.7. The van der Waals surface area contributed by atoms with Crippen molar-refractivity contribution in [3.63, 3.8) is 0 Å². The Balaban J connectivity index is 1.23. The van der Waals surface area contributed by atoms with Crippen molar-refractivity contribution in [2.45, 2.75) is 63.4 Å². The van der Waals surface area contributed by atoms with E-state index in [9.17, 15) is 0 Å². The van der Waals surface area contributed by atoms with E-state index >= 15 is 0 Å². The van der Waals surface area contributed by atoms with E-state index in [2.05, 4.69) is 79.1 Å². The summed E-state index contributed by atoms with van der Waals surface area (Å²) in [5.74, 6) is 2.54. The van der Waals surface area contributed by atoms with Crippen LogP contribution in [0, 0.1) is 11.8 Å². The van der Waals surface area contributed by atoms with E-state index in [1.54, 1.807) is 21.3 Å².